The van der Waals surface area contributed by atoms with Crippen LogP contribution in [0.15, 0.2) is 58.8 Å². The van der Waals surface area contributed by atoms with Gasteiger partial charge in [0.2, 0.25) is 0 Å². The highest BCUT2D eigenvalue weighted by Crippen LogP contribution is 2.27. The van der Waals surface area contributed by atoms with Crippen LogP contribution in [0, 0.1) is 5.82 Å². The van der Waals surface area contributed by atoms with E-state index in [1.807, 2.05) is 30.5 Å². The number of rotatable bonds is 5. The molecule has 10 heteroatoms. The number of aromatic nitrogens is 2. The molecule has 0 radical (unpaired) electrons. The van der Waals surface area contributed by atoms with Gasteiger partial charge in [-0.15, -0.1) is 11.8 Å². The van der Waals surface area contributed by atoms with Gasteiger partial charge >= 0.3 is 6.03 Å². The van der Waals surface area contributed by atoms with Gasteiger partial charge in [0.05, 0.1) is 23.5 Å². The Labute approximate surface area is 194 Å². The van der Waals surface area contributed by atoms with Crippen molar-refractivity contribution in [1.29, 1.82) is 0 Å². The van der Waals surface area contributed by atoms with Crippen LogP contribution >= 0.6 is 23.4 Å². The first-order valence-electron chi connectivity index (χ1n) is 9.80. The number of hydrazone groups is 1. The number of amides is 2. The molecule has 164 valence electrons. The van der Waals surface area contributed by atoms with E-state index in [0.29, 0.717) is 31.0 Å². The van der Waals surface area contributed by atoms with Crippen molar-refractivity contribution in [3.8, 4) is 0 Å². The molecule has 1 aromatic heterocycles. The summed E-state index contributed by atoms with van der Waals surface area (Å²) in [6.07, 6.45) is 5.67. The predicted molar refractivity (Wildman–Crippen MR) is 125 cm³/mol. The summed E-state index contributed by atoms with van der Waals surface area (Å²) >= 11 is 7.54. The van der Waals surface area contributed by atoms with E-state index in [-0.39, 0.29) is 11.1 Å². The van der Waals surface area contributed by atoms with Crippen LogP contribution in [0.5, 0.6) is 0 Å². The molecule has 2 heterocycles. The zero-order valence-electron chi connectivity index (χ0n) is 17.2. The van der Waals surface area contributed by atoms with Gasteiger partial charge in [-0.2, -0.15) is 5.10 Å². The lowest BCUT2D eigenvalue weighted by Crippen LogP contribution is -2.41. The Kier molecular flexibility index (Phi) is 6.87. The minimum absolute atomic E-state index is 0.0138. The summed E-state index contributed by atoms with van der Waals surface area (Å²) in [7, 11) is 0. The lowest BCUT2D eigenvalue weighted by Gasteiger charge is -2.28. The first-order chi connectivity index (χ1) is 15.5. The van der Waals surface area contributed by atoms with E-state index in [1.165, 1.54) is 18.5 Å². The molecule has 3 aromatic rings. The van der Waals surface area contributed by atoms with Crippen LogP contribution < -0.4 is 10.7 Å². The maximum Gasteiger partial charge on any atom is 0.338 e. The molecule has 2 amide bonds. The second-order valence-corrected chi connectivity index (χ2v) is 8.31. The van der Waals surface area contributed by atoms with Crippen LogP contribution in [0.25, 0.3) is 0 Å². The van der Waals surface area contributed by atoms with Gasteiger partial charge in [-0.25, -0.2) is 24.6 Å². The Bertz CT molecular complexity index is 1160. The molecule has 0 atom stereocenters. The molecule has 1 aliphatic heterocycles. The summed E-state index contributed by atoms with van der Waals surface area (Å²) in [5, 5.41) is 7.22. The largest absolute Gasteiger partial charge is 0.340 e. The number of nitrogens with one attached hydrogen (secondary N) is 2. The fourth-order valence-corrected chi connectivity index (χ4v) is 3.84. The van der Waals surface area contributed by atoms with E-state index < -0.39 is 5.82 Å². The normalized spacial score (nSPS) is 13.2. The minimum Gasteiger partial charge on any atom is -0.340 e. The van der Waals surface area contributed by atoms with Crippen molar-refractivity contribution in [2.24, 2.45) is 5.10 Å². The Balaban J connectivity index is 1.43. The Morgan fingerprint density at radius 3 is 2.81 bits per heavy atom. The van der Waals surface area contributed by atoms with Crippen molar-refractivity contribution in [3.05, 3.63) is 76.5 Å². The molecule has 7 nitrogen and oxygen atoms in total. The number of benzene rings is 2. The number of hydrogen-bond donors (Lipinski definition) is 2. The fraction of sp³-hybridized carbons (Fsp3) is 0.182. The zero-order chi connectivity index (χ0) is 22.5. The van der Waals surface area contributed by atoms with Gasteiger partial charge in [0.1, 0.15) is 18.0 Å². The molecule has 0 aliphatic carbocycles. The van der Waals surface area contributed by atoms with E-state index in [2.05, 4.69) is 25.8 Å². The monoisotopic (exact) mass is 470 g/mol. The number of hydrogen-bond acceptors (Lipinski definition) is 6. The Morgan fingerprint density at radius 2 is 2.06 bits per heavy atom. The number of fused-ring (bicyclic) bond motifs is 1. The topological polar surface area (TPSA) is 82.5 Å². The van der Waals surface area contributed by atoms with Crippen LogP contribution in [-0.4, -0.2) is 39.9 Å². The van der Waals surface area contributed by atoms with Gasteiger partial charge in [0, 0.05) is 29.1 Å². The molecule has 0 saturated heterocycles. The highest BCUT2D eigenvalue weighted by atomic mass is 35.5. The molecule has 2 N–H and O–H groups in total. The maximum atomic E-state index is 13.4. The van der Waals surface area contributed by atoms with Crippen molar-refractivity contribution in [2.45, 2.75) is 17.9 Å². The molecule has 4 rings (SSSR count). The lowest BCUT2D eigenvalue weighted by atomic mass is 10.1. The molecule has 0 bridgehead atoms. The first kappa shape index (κ1) is 22.0. The summed E-state index contributed by atoms with van der Waals surface area (Å²) in [6.45, 7) is 0.826. The second kappa shape index (κ2) is 9.97. The van der Waals surface area contributed by atoms with Gasteiger partial charge < -0.3 is 10.2 Å². The average Bonchev–Trinajstić information content (AvgIpc) is 2.82. The molecule has 0 unspecified atom stereocenters. The molecule has 1 aliphatic rings. The smallest absolute Gasteiger partial charge is 0.338 e. The maximum absolute atomic E-state index is 13.4. The lowest BCUT2D eigenvalue weighted by molar-refractivity contribution is 0.192. The molecule has 0 fully saturated rings. The second-order valence-electron chi connectivity index (χ2n) is 7.02. The van der Waals surface area contributed by atoms with E-state index in [1.54, 1.807) is 28.9 Å². The number of nitrogens with zero attached hydrogens (tertiary/aromatic N) is 4. The highest BCUT2D eigenvalue weighted by molar-refractivity contribution is 7.98. The third-order valence-corrected chi connectivity index (χ3v) is 5.99. The number of thioether (sulfide) groups is 1. The van der Waals surface area contributed by atoms with E-state index in [9.17, 15) is 9.18 Å². The number of carbonyl (C=O) groups is 1. The van der Waals surface area contributed by atoms with E-state index >= 15 is 0 Å². The third kappa shape index (κ3) is 5.17. The molecule has 2 aromatic carbocycles. The molecular weight excluding hydrogens is 451 g/mol. The number of halogens is 2. The van der Waals surface area contributed by atoms with Crippen LogP contribution in [0.1, 0.15) is 16.8 Å². The standard InChI is InChI=1S/C22H20ClFN6OS/c1-32-16-5-2-14(3-6-16)11-27-29-22(31)30-9-8-20-17(12-30)21(26-13-25-20)28-15-4-7-19(24)18(23)10-15/h2-7,10-11,13H,8-9,12H2,1H3,(H,29,31)(H,25,26,28)/b27-11+. The van der Waals surface area contributed by atoms with Gasteiger partial charge in [0.15, 0.2) is 0 Å². The van der Waals surface area contributed by atoms with E-state index in [0.717, 1.165) is 21.7 Å². The van der Waals surface area contributed by atoms with Crippen molar-refractivity contribution in [1.82, 2.24) is 20.3 Å². The summed E-state index contributed by atoms with van der Waals surface area (Å²) in [5.74, 6) is 0.0538. The SMILES string of the molecule is CSc1ccc(/C=N/NC(=O)N2CCc3ncnc(Nc4ccc(F)c(Cl)c4)c3C2)cc1. The van der Waals surface area contributed by atoms with E-state index in [4.69, 9.17) is 11.6 Å². The van der Waals surface area contributed by atoms with Crippen LogP contribution in [-0.2, 0) is 13.0 Å². The van der Waals surface area contributed by atoms with Crippen LogP contribution in [0.3, 0.4) is 0 Å². The fourth-order valence-electron chi connectivity index (χ4n) is 3.26. The molecular formula is C22H20ClFN6OS. The van der Waals surface area contributed by atoms with Crippen molar-refractivity contribution in [2.75, 3.05) is 18.1 Å². The molecule has 32 heavy (non-hydrogen) atoms. The summed E-state index contributed by atoms with van der Waals surface area (Å²) < 4.78 is 13.4. The molecule has 0 spiro atoms. The number of anilines is 2. The summed E-state index contributed by atoms with van der Waals surface area (Å²) in [4.78, 5) is 24.1. The number of urea groups is 1. The first-order valence-corrected chi connectivity index (χ1v) is 11.4. The van der Waals surface area contributed by atoms with Crippen molar-refractivity contribution >= 4 is 47.1 Å². The van der Waals surface area contributed by atoms with Gasteiger partial charge in [-0.3, -0.25) is 0 Å². The Morgan fingerprint density at radius 1 is 1.25 bits per heavy atom. The van der Waals surface area contributed by atoms with Crippen molar-refractivity contribution in [3.63, 3.8) is 0 Å². The van der Waals surface area contributed by atoms with Gasteiger partial charge in [-0.1, -0.05) is 23.7 Å². The third-order valence-electron chi connectivity index (χ3n) is 4.96. The minimum atomic E-state index is -0.495. The van der Waals surface area contributed by atoms with Crippen LogP contribution in [0.2, 0.25) is 5.02 Å². The van der Waals surface area contributed by atoms with Crippen molar-refractivity contribution < 1.29 is 9.18 Å². The predicted octanol–water partition coefficient (Wildman–Crippen LogP) is 4.84. The zero-order valence-corrected chi connectivity index (χ0v) is 18.8. The average molecular weight is 471 g/mol. The van der Waals surface area contributed by atoms with Gasteiger partial charge in [0.25, 0.3) is 0 Å². The highest BCUT2D eigenvalue weighted by Gasteiger charge is 2.24. The number of carbonyl (C=O) groups excluding carboxylic acids is 1. The van der Waals surface area contributed by atoms with Crippen LogP contribution in [0.4, 0.5) is 20.7 Å². The summed E-state index contributed by atoms with van der Waals surface area (Å²) in [5.41, 5.74) is 5.72. The van der Waals surface area contributed by atoms with Gasteiger partial charge in [-0.05, 0) is 42.2 Å². The Hall–Kier alpha value is -3.17. The summed E-state index contributed by atoms with van der Waals surface area (Å²) in [6, 6.07) is 11.9. The quantitative estimate of drug-likeness (QED) is 0.317. The molecule has 0 saturated carbocycles.